The zero-order valence-corrected chi connectivity index (χ0v) is 15.0. The number of hydrogen-bond donors (Lipinski definition) is 0. The maximum atomic E-state index is 14.2. The molecule has 0 atom stereocenters. The molecule has 0 fully saturated rings. The van der Waals surface area contributed by atoms with Gasteiger partial charge in [-0.2, -0.15) is 23.0 Å². The average molecular weight is 425 g/mol. The van der Waals surface area contributed by atoms with Gasteiger partial charge in [0.05, 0.1) is 23.4 Å². The number of nitrogens with zero attached hydrogens (tertiary/aromatic N) is 2. The van der Waals surface area contributed by atoms with E-state index in [1.54, 1.807) is 6.92 Å². The van der Waals surface area contributed by atoms with E-state index in [-0.39, 0.29) is 28.3 Å². The fourth-order valence-corrected chi connectivity index (χ4v) is 2.34. The molecule has 27 heavy (non-hydrogen) atoms. The Labute approximate surface area is 159 Å². The number of alkyl halides is 3. The van der Waals surface area contributed by atoms with Crippen molar-refractivity contribution in [1.29, 1.82) is 0 Å². The molecule has 0 spiro atoms. The number of aromatic nitrogens is 2. The molecule has 0 bridgehead atoms. The topological polar surface area (TPSA) is 61.2 Å². The third kappa shape index (κ3) is 4.86. The monoisotopic (exact) mass is 424 g/mol. The first-order valence-corrected chi connectivity index (χ1v) is 8.00. The first-order valence-electron chi connectivity index (χ1n) is 7.25. The van der Waals surface area contributed by atoms with Crippen molar-refractivity contribution in [3.8, 4) is 5.69 Å². The van der Waals surface area contributed by atoms with Crippen LogP contribution in [-0.4, -0.2) is 22.4 Å². The molecule has 1 heterocycles. The summed E-state index contributed by atoms with van der Waals surface area (Å²) in [6.07, 6.45) is -3.32. The van der Waals surface area contributed by atoms with Crippen LogP contribution in [0.25, 0.3) is 11.8 Å². The molecular weight excluding hydrogens is 415 g/mol. The van der Waals surface area contributed by atoms with Gasteiger partial charge in [0.1, 0.15) is 10.7 Å². The van der Waals surface area contributed by atoms with Gasteiger partial charge in [-0.15, -0.1) is 0 Å². The Morgan fingerprint density at radius 3 is 2.56 bits per heavy atom. The van der Waals surface area contributed by atoms with Crippen molar-refractivity contribution in [3.63, 3.8) is 0 Å². The molecule has 11 heteroatoms. The second-order valence-electron chi connectivity index (χ2n) is 5.03. The normalized spacial score (nSPS) is 12.2. The molecule has 1 aromatic carbocycles. The van der Waals surface area contributed by atoms with Gasteiger partial charge in [-0.25, -0.2) is 9.18 Å². The van der Waals surface area contributed by atoms with Crippen LogP contribution in [0.15, 0.2) is 34.2 Å². The summed E-state index contributed by atoms with van der Waals surface area (Å²) in [5, 5.41) is 2.82. The Balaban J connectivity index is 2.55. The predicted molar refractivity (Wildman–Crippen MR) is 90.3 cm³/mol. The van der Waals surface area contributed by atoms with Crippen molar-refractivity contribution in [2.45, 2.75) is 13.1 Å². The van der Waals surface area contributed by atoms with Gasteiger partial charge in [0, 0.05) is 6.07 Å². The number of benzene rings is 1. The van der Waals surface area contributed by atoms with Crippen molar-refractivity contribution >= 4 is 35.2 Å². The van der Waals surface area contributed by atoms with Gasteiger partial charge in [-0.3, -0.25) is 4.79 Å². The van der Waals surface area contributed by atoms with Gasteiger partial charge in [0.25, 0.3) is 5.56 Å². The second-order valence-corrected chi connectivity index (χ2v) is 5.84. The number of halogens is 6. The second kappa shape index (κ2) is 8.10. The average Bonchev–Trinajstić information content (AvgIpc) is 2.57. The minimum absolute atomic E-state index is 0.0275. The van der Waals surface area contributed by atoms with Crippen molar-refractivity contribution < 1.29 is 27.1 Å². The SMILES string of the molecule is CCOC(=O)/C(Cl)=C/c1cc(-n2ncc(C(F)(F)F)cc2=O)c(F)cc1Cl. The first kappa shape index (κ1) is 20.9. The van der Waals surface area contributed by atoms with E-state index in [1.165, 1.54) is 0 Å². The summed E-state index contributed by atoms with van der Waals surface area (Å²) in [6.45, 7) is 1.63. The number of esters is 1. The Morgan fingerprint density at radius 1 is 1.33 bits per heavy atom. The highest BCUT2D eigenvalue weighted by atomic mass is 35.5. The Morgan fingerprint density at radius 2 is 2.00 bits per heavy atom. The molecule has 144 valence electrons. The lowest BCUT2D eigenvalue weighted by atomic mass is 10.1. The first-order chi connectivity index (χ1) is 12.5. The summed E-state index contributed by atoms with van der Waals surface area (Å²) in [7, 11) is 0. The van der Waals surface area contributed by atoms with Crippen molar-refractivity contribution in [1.82, 2.24) is 9.78 Å². The van der Waals surface area contributed by atoms with Crippen LogP contribution >= 0.6 is 23.2 Å². The van der Waals surface area contributed by atoms with E-state index in [1.807, 2.05) is 0 Å². The number of carbonyl (C=O) groups excluding carboxylic acids is 1. The van der Waals surface area contributed by atoms with Crippen LogP contribution in [0.4, 0.5) is 17.6 Å². The third-order valence-corrected chi connectivity index (χ3v) is 3.77. The lowest BCUT2D eigenvalue weighted by molar-refractivity contribution is -0.138. The lowest BCUT2D eigenvalue weighted by Crippen LogP contribution is -2.24. The highest BCUT2D eigenvalue weighted by Crippen LogP contribution is 2.28. The third-order valence-electron chi connectivity index (χ3n) is 3.17. The van der Waals surface area contributed by atoms with Gasteiger partial charge >= 0.3 is 12.1 Å². The maximum Gasteiger partial charge on any atom is 0.418 e. The summed E-state index contributed by atoms with van der Waals surface area (Å²) in [4.78, 5) is 23.5. The molecule has 0 saturated heterocycles. The Hall–Kier alpha value is -2.39. The number of rotatable bonds is 4. The Kier molecular flexibility index (Phi) is 6.27. The minimum Gasteiger partial charge on any atom is -0.462 e. The highest BCUT2D eigenvalue weighted by Gasteiger charge is 2.32. The molecular formula is C16H10Cl2F4N2O3. The van der Waals surface area contributed by atoms with Crippen LogP contribution in [0.5, 0.6) is 0 Å². The van der Waals surface area contributed by atoms with Crippen molar-refractivity contribution in [2.75, 3.05) is 6.61 Å². The van der Waals surface area contributed by atoms with Crippen LogP contribution in [0, 0.1) is 5.82 Å². The predicted octanol–water partition coefficient (Wildman–Crippen LogP) is 4.19. The largest absolute Gasteiger partial charge is 0.462 e. The van der Waals surface area contributed by atoms with E-state index in [0.29, 0.717) is 10.9 Å². The number of hydrogen-bond acceptors (Lipinski definition) is 4. The van der Waals surface area contributed by atoms with Crippen LogP contribution in [0.1, 0.15) is 18.1 Å². The maximum absolute atomic E-state index is 14.2. The van der Waals surface area contributed by atoms with E-state index in [9.17, 15) is 27.2 Å². The van der Waals surface area contributed by atoms with Gasteiger partial charge in [0.15, 0.2) is 5.82 Å². The molecule has 0 saturated carbocycles. The lowest BCUT2D eigenvalue weighted by Gasteiger charge is -2.10. The van der Waals surface area contributed by atoms with Gasteiger partial charge in [-0.05, 0) is 30.7 Å². The zero-order chi connectivity index (χ0) is 20.4. The molecule has 0 aliphatic carbocycles. The summed E-state index contributed by atoms with van der Waals surface area (Å²) >= 11 is 11.7. The molecule has 0 N–H and O–H groups in total. The molecule has 0 aliphatic heterocycles. The summed E-state index contributed by atoms with van der Waals surface area (Å²) in [6, 6.07) is 2.10. The molecule has 0 amide bonds. The molecule has 5 nitrogen and oxygen atoms in total. The fraction of sp³-hybridized carbons (Fsp3) is 0.188. The van der Waals surface area contributed by atoms with Crippen LogP contribution in [0.3, 0.4) is 0 Å². The van der Waals surface area contributed by atoms with Crippen molar-refractivity contribution in [3.05, 3.63) is 61.7 Å². The van der Waals surface area contributed by atoms with Gasteiger partial charge < -0.3 is 4.74 Å². The Bertz CT molecular complexity index is 971. The van der Waals surface area contributed by atoms with E-state index < -0.39 is 34.8 Å². The molecule has 2 rings (SSSR count). The number of carbonyl (C=O) groups is 1. The molecule has 2 aromatic rings. The van der Waals surface area contributed by atoms with Crippen LogP contribution < -0.4 is 5.56 Å². The summed E-state index contributed by atoms with van der Waals surface area (Å²) in [5.74, 6) is -1.87. The van der Waals surface area contributed by atoms with Crippen molar-refractivity contribution in [2.24, 2.45) is 0 Å². The summed E-state index contributed by atoms with van der Waals surface area (Å²) in [5.41, 5.74) is -2.93. The molecule has 1 aromatic heterocycles. The van der Waals surface area contributed by atoms with Gasteiger partial charge in [-0.1, -0.05) is 23.2 Å². The quantitative estimate of drug-likeness (QED) is 0.419. The van der Waals surface area contributed by atoms with E-state index in [2.05, 4.69) is 9.84 Å². The van der Waals surface area contributed by atoms with Crippen LogP contribution in [0.2, 0.25) is 5.02 Å². The highest BCUT2D eigenvalue weighted by molar-refractivity contribution is 6.43. The standard InChI is InChI=1S/C16H10Cl2F4N2O3/c1-2-27-15(26)11(18)3-8-4-13(12(19)6-10(8)17)24-14(25)5-9(7-23-24)16(20,21)22/h3-7H,2H2,1H3/b11-3-. The molecule has 0 unspecified atom stereocenters. The minimum atomic E-state index is -4.77. The smallest absolute Gasteiger partial charge is 0.418 e. The van der Waals surface area contributed by atoms with Crippen LogP contribution in [-0.2, 0) is 15.7 Å². The van der Waals surface area contributed by atoms with Gasteiger partial charge in [0.2, 0.25) is 0 Å². The van der Waals surface area contributed by atoms with E-state index in [0.717, 1.165) is 18.2 Å². The number of ether oxygens (including phenoxy) is 1. The zero-order valence-electron chi connectivity index (χ0n) is 13.5. The fourth-order valence-electron chi connectivity index (χ4n) is 1.97. The molecule has 0 aliphatic rings. The summed E-state index contributed by atoms with van der Waals surface area (Å²) < 4.78 is 57.2. The van der Waals surface area contributed by atoms with E-state index in [4.69, 9.17) is 23.2 Å². The van der Waals surface area contributed by atoms with E-state index >= 15 is 0 Å². The molecule has 0 radical (unpaired) electrons.